The number of likely N-dealkylation sites (N-methyl/N-ethyl adjacent to an activating group) is 1. The second-order valence-corrected chi connectivity index (χ2v) is 5.74. The first-order valence-electron chi connectivity index (χ1n) is 8.29. The summed E-state index contributed by atoms with van der Waals surface area (Å²) in [5.74, 6) is 0.145. The van der Waals surface area contributed by atoms with Crippen LogP contribution in [-0.2, 0) is 0 Å². The van der Waals surface area contributed by atoms with E-state index >= 15 is 0 Å². The Hall–Kier alpha value is -1.04. The van der Waals surface area contributed by atoms with Crippen molar-refractivity contribution in [1.29, 1.82) is 0 Å². The molecule has 1 N–H and O–H groups in total. The highest BCUT2D eigenvalue weighted by molar-refractivity contribution is 7.80. The van der Waals surface area contributed by atoms with E-state index in [1.807, 2.05) is 18.3 Å². The minimum absolute atomic E-state index is 0.145. The molecule has 0 radical (unpaired) electrons. The van der Waals surface area contributed by atoms with Gasteiger partial charge in [-0.1, -0.05) is 46.0 Å². The molecule has 1 heterocycles. The van der Waals surface area contributed by atoms with Gasteiger partial charge in [-0.15, -0.1) is 0 Å². The summed E-state index contributed by atoms with van der Waals surface area (Å²) in [7, 11) is 0. The van der Waals surface area contributed by atoms with Crippen LogP contribution in [0.25, 0.3) is 0 Å². The van der Waals surface area contributed by atoms with E-state index in [-0.39, 0.29) is 5.92 Å². The van der Waals surface area contributed by atoms with Gasteiger partial charge in [-0.05, 0) is 38.3 Å². The summed E-state index contributed by atoms with van der Waals surface area (Å²) in [6.07, 6.45) is 1.84. The lowest BCUT2D eigenvalue weighted by Gasteiger charge is -2.27. The second-order valence-electron chi connectivity index (χ2n) is 5.30. The van der Waals surface area contributed by atoms with Gasteiger partial charge in [0.25, 0.3) is 0 Å². The first-order valence-corrected chi connectivity index (χ1v) is 8.70. The maximum absolute atomic E-state index is 5.68. The summed E-state index contributed by atoms with van der Waals surface area (Å²) in [6, 6.07) is 6.05. The molecule has 0 aromatic carbocycles. The van der Waals surface area contributed by atoms with Gasteiger partial charge < -0.3 is 10.2 Å². The van der Waals surface area contributed by atoms with Crippen molar-refractivity contribution >= 4 is 17.2 Å². The lowest BCUT2D eigenvalue weighted by molar-refractivity contribution is 0.287. The van der Waals surface area contributed by atoms with Crippen LogP contribution >= 0.6 is 12.2 Å². The van der Waals surface area contributed by atoms with Crippen LogP contribution in [0, 0.1) is 0 Å². The number of hydrogen-bond donors (Lipinski definition) is 1. The summed E-state index contributed by atoms with van der Waals surface area (Å²) >= 11 is 5.68. The highest BCUT2D eigenvalue weighted by atomic mass is 32.1. The molecule has 1 aromatic rings. The number of thiocarbonyl (C=S) groups is 1. The van der Waals surface area contributed by atoms with Crippen molar-refractivity contribution in [3.05, 3.63) is 30.1 Å². The largest absolute Gasteiger partial charge is 0.366 e. The Morgan fingerprint density at radius 3 is 2.23 bits per heavy atom. The van der Waals surface area contributed by atoms with Gasteiger partial charge >= 0.3 is 0 Å². The summed E-state index contributed by atoms with van der Waals surface area (Å²) < 4.78 is 0. The summed E-state index contributed by atoms with van der Waals surface area (Å²) in [6.45, 7) is 14.5. The molecular weight excluding hydrogens is 292 g/mol. The van der Waals surface area contributed by atoms with Crippen molar-refractivity contribution in [2.24, 2.45) is 0 Å². The summed E-state index contributed by atoms with van der Waals surface area (Å²) in [5.41, 5.74) is 1.05. The number of pyridine rings is 1. The van der Waals surface area contributed by atoms with E-state index in [9.17, 15) is 0 Å². The van der Waals surface area contributed by atoms with E-state index in [1.165, 1.54) is 0 Å². The molecule has 4 nitrogen and oxygen atoms in total. The molecule has 5 heteroatoms. The van der Waals surface area contributed by atoms with E-state index in [4.69, 9.17) is 12.2 Å². The monoisotopic (exact) mass is 322 g/mol. The molecule has 124 valence electrons. The van der Waals surface area contributed by atoms with E-state index in [0.717, 1.165) is 50.1 Å². The number of nitrogens with one attached hydrogen (secondary N) is 1. The van der Waals surface area contributed by atoms with Crippen LogP contribution in [0.4, 0.5) is 0 Å². The van der Waals surface area contributed by atoms with Crippen LogP contribution in [0.2, 0.25) is 0 Å². The van der Waals surface area contributed by atoms with Gasteiger partial charge in [-0.2, -0.15) is 0 Å². The average Bonchev–Trinajstić information content (AvgIpc) is 2.57. The molecule has 0 aliphatic rings. The topological polar surface area (TPSA) is 31.4 Å². The third kappa shape index (κ3) is 5.99. The van der Waals surface area contributed by atoms with Crippen molar-refractivity contribution < 1.29 is 0 Å². The predicted molar refractivity (Wildman–Crippen MR) is 98.3 cm³/mol. The molecule has 0 fully saturated rings. The standard InChI is InChI=1S/C17H30N4S/c1-5-20(6-2)13-15(16-11-9-10-12-18-16)17(22)19-14-21(7-3)8-4/h9-12,15H,5-8,13-14H2,1-4H3,(H,19,22). The molecule has 0 saturated carbocycles. The Morgan fingerprint density at radius 2 is 1.73 bits per heavy atom. The van der Waals surface area contributed by atoms with Crippen LogP contribution in [0.15, 0.2) is 24.4 Å². The zero-order chi connectivity index (χ0) is 16.4. The fraction of sp³-hybridized carbons (Fsp3) is 0.647. The normalized spacial score (nSPS) is 12.6. The average molecular weight is 323 g/mol. The molecule has 0 aliphatic carbocycles. The number of aromatic nitrogens is 1. The Labute approximate surface area is 140 Å². The van der Waals surface area contributed by atoms with Crippen LogP contribution in [0.1, 0.15) is 39.3 Å². The predicted octanol–water partition coefficient (Wildman–Crippen LogP) is 2.72. The van der Waals surface area contributed by atoms with Crippen molar-refractivity contribution in [3.63, 3.8) is 0 Å². The quantitative estimate of drug-likeness (QED) is 0.529. The lowest BCUT2D eigenvalue weighted by atomic mass is 10.0. The molecule has 22 heavy (non-hydrogen) atoms. The Bertz CT molecular complexity index is 416. The Kier molecular flexibility index (Phi) is 9.20. The highest BCUT2D eigenvalue weighted by Gasteiger charge is 2.20. The molecule has 1 unspecified atom stereocenters. The molecule has 1 atom stereocenters. The van der Waals surface area contributed by atoms with Crippen molar-refractivity contribution in [2.45, 2.75) is 33.6 Å². The van der Waals surface area contributed by atoms with E-state index in [2.05, 4.69) is 53.9 Å². The molecule has 0 amide bonds. The summed E-state index contributed by atoms with van der Waals surface area (Å²) in [4.78, 5) is 10.1. The van der Waals surface area contributed by atoms with E-state index < -0.39 is 0 Å². The minimum Gasteiger partial charge on any atom is -0.366 e. The number of nitrogens with zero attached hydrogens (tertiary/aromatic N) is 3. The highest BCUT2D eigenvalue weighted by Crippen LogP contribution is 2.16. The van der Waals surface area contributed by atoms with Crippen molar-refractivity contribution in [1.82, 2.24) is 20.1 Å². The Morgan fingerprint density at radius 1 is 1.09 bits per heavy atom. The SMILES string of the molecule is CCN(CC)CNC(=S)C(CN(CC)CC)c1ccccn1. The molecule has 0 bridgehead atoms. The minimum atomic E-state index is 0.145. The summed E-state index contributed by atoms with van der Waals surface area (Å²) in [5, 5.41) is 3.43. The maximum atomic E-state index is 5.68. The molecular formula is C17H30N4S. The molecule has 0 saturated heterocycles. The van der Waals surface area contributed by atoms with Crippen LogP contribution in [0.5, 0.6) is 0 Å². The van der Waals surface area contributed by atoms with Crippen molar-refractivity contribution in [3.8, 4) is 0 Å². The van der Waals surface area contributed by atoms with Crippen molar-refractivity contribution in [2.75, 3.05) is 39.4 Å². The maximum Gasteiger partial charge on any atom is 0.0868 e. The lowest BCUT2D eigenvalue weighted by Crippen LogP contribution is -2.42. The van der Waals surface area contributed by atoms with Gasteiger partial charge in [0.05, 0.1) is 23.3 Å². The third-order valence-corrected chi connectivity index (χ3v) is 4.50. The van der Waals surface area contributed by atoms with E-state index in [1.54, 1.807) is 0 Å². The smallest absolute Gasteiger partial charge is 0.0868 e. The number of hydrogen-bond acceptors (Lipinski definition) is 4. The van der Waals surface area contributed by atoms with E-state index in [0.29, 0.717) is 0 Å². The fourth-order valence-corrected chi connectivity index (χ4v) is 2.65. The van der Waals surface area contributed by atoms with Crippen LogP contribution in [-0.4, -0.2) is 59.2 Å². The van der Waals surface area contributed by atoms with Gasteiger partial charge in [-0.25, -0.2) is 0 Å². The second kappa shape index (κ2) is 10.6. The Balaban J connectivity index is 2.78. The molecule has 0 spiro atoms. The van der Waals surface area contributed by atoms with Crippen LogP contribution < -0.4 is 5.32 Å². The molecule has 0 aliphatic heterocycles. The van der Waals surface area contributed by atoms with Crippen LogP contribution in [0.3, 0.4) is 0 Å². The molecule has 1 aromatic heterocycles. The van der Waals surface area contributed by atoms with Gasteiger partial charge in [0.15, 0.2) is 0 Å². The fourth-order valence-electron chi connectivity index (χ4n) is 2.39. The molecule has 1 rings (SSSR count). The zero-order valence-electron chi connectivity index (χ0n) is 14.4. The third-order valence-electron chi connectivity index (χ3n) is 4.07. The van der Waals surface area contributed by atoms with Gasteiger partial charge in [0.2, 0.25) is 0 Å². The number of rotatable bonds is 10. The van der Waals surface area contributed by atoms with Gasteiger partial charge in [0, 0.05) is 12.7 Å². The van der Waals surface area contributed by atoms with Gasteiger partial charge in [-0.3, -0.25) is 9.88 Å². The zero-order valence-corrected chi connectivity index (χ0v) is 15.2. The van der Waals surface area contributed by atoms with Gasteiger partial charge in [0.1, 0.15) is 0 Å². The first kappa shape index (κ1) is 19.0. The first-order chi connectivity index (χ1) is 10.7.